The highest BCUT2D eigenvalue weighted by Gasteiger charge is 2.16. The van der Waals surface area contributed by atoms with Gasteiger partial charge in [-0.15, -0.1) is 11.8 Å². The van der Waals surface area contributed by atoms with E-state index in [1.54, 1.807) is 0 Å². The topological polar surface area (TPSA) is 64.4 Å². The smallest absolute Gasteiger partial charge is 0.316 e. The normalized spacial score (nSPS) is 12.3. The fraction of sp³-hybridized carbons (Fsp3) is 0.300. The van der Waals surface area contributed by atoms with Crippen molar-refractivity contribution in [2.75, 3.05) is 6.26 Å². The van der Waals surface area contributed by atoms with E-state index in [0.717, 1.165) is 28.2 Å². The van der Waals surface area contributed by atoms with Gasteiger partial charge in [0.1, 0.15) is 23.4 Å². The predicted molar refractivity (Wildman–Crippen MR) is 105 cm³/mol. The van der Waals surface area contributed by atoms with Gasteiger partial charge >= 0.3 is 5.97 Å². The number of carbonyl (C=O) groups is 1. The first kappa shape index (κ1) is 18.3. The zero-order valence-corrected chi connectivity index (χ0v) is 15.9. The average Bonchev–Trinajstić information content (AvgIpc) is 2.94. The van der Waals surface area contributed by atoms with Gasteiger partial charge in [-0.1, -0.05) is 18.2 Å². The molecule has 136 valence electrons. The summed E-state index contributed by atoms with van der Waals surface area (Å²) in [5.41, 5.74) is 4.24. The molecule has 6 heteroatoms. The van der Waals surface area contributed by atoms with E-state index in [1.165, 1.54) is 17.3 Å². The number of carboxylic acids is 1. The Kier molecular flexibility index (Phi) is 5.52. The van der Waals surface area contributed by atoms with Crippen LogP contribution in [0.3, 0.4) is 0 Å². The first-order chi connectivity index (χ1) is 12.5. The number of hydrogen-bond acceptors (Lipinski definition) is 4. The molecule has 0 saturated heterocycles. The molecule has 26 heavy (non-hydrogen) atoms. The molecule has 1 heterocycles. The van der Waals surface area contributed by atoms with Crippen molar-refractivity contribution in [2.45, 2.75) is 25.2 Å². The van der Waals surface area contributed by atoms with Gasteiger partial charge in [0, 0.05) is 7.05 Å². The van der Waals surface area contributed by atoms with Crippen LogP contribution in [0, 0.1) is 6.92 Å². The number of rotatable bonds is 7. The van der Waals surface area contributed by atoms with E-state index in [-0.39, 0.29) is 0 Å². The Balaban J connectivity index is 1.67. The molecule has 0 aliphatic rings. The second kappa shape index (κ2) is 7.83. The highest BCUT2D eigenvalue weighted by Crippen LogP contribution is 2.20. The maximum Gasteiger partial charge on any atom is 0.316 e. The molecular weight excluding hydrogens is 348 g/mol. The fourth-order valence-corrected chi connectivity index (χ4v) is 3.39. The Labute approximate surface area is 157 Å². The summed E-state index contributed by atoms with van der Waals surface area (Å²) in [4.78, 5) is 15.8. The minimum absolute atomic E-state index is 0.381. The van der Waals surface area contributed by atoms with E-state index >= 15 is 0 Å². The van der Waals surface area contributed by atoms with E-state index < -0.39 is 11.2 Å². The van der Waals surface area contributed by atoms with Crippen LogP contribution in [0.15, 0.2) is 42.5 Å². The molecule has 1 N–H and O–H groups in total. The molecule has 0 fully saturated rings. The van der Waals surface area contributed by atoms with Crippen LogP contribution in [0.2, 0.25) is 0 Å². The summed E-state index contributed by atoms with van der Waals surface area (Å²) >= 11 is 1.35. The van der Waals surface area contributed by atoms with Crippen molar-refractivity contribution < 1.29 is 14.6 Å². The van der Waals surface area contributed by atoms with Gasteiger partial charge in [0.25, 0.3) is 0 Å². The molecule has 0 amide bonds. The molecule has 2 aromatic carbocycles. The van der Waals surface area contributed by atoms with Gasteiger partial charge in [-0.2, -0.15) is 0 Å². The Morgan fingerprint density at radius 3 is 2.65 bits per heavy atom. The zero-order chi connectivity index (χ0) is 18.7. The van der Waals surface area contributed by atoms with E-state index in [4.69, 9.17) is 9.84 Å². The average molecular weight is 370 g/mol. The van der Waals surface area contributed by atoms with Gasteiger partial charge in [0.2, 0.25) is 0 Å². The van der Waals surface area contributed by atoms with Crippen molar-refractivity contribution in [2.24, 2.45) is 7.05 Å². The third-order valence-corrected chi connectivity index (χ3v) is 5.34. The summed E-state index contributed by atoms with van der Waals surface area (Å²) in [6.45, 7) is 2.45. The molecule has 0 radical (unpaired) electrons. The number of nitrogens with zero attached hydrogens (tertiary/aromatic N) is 2. The van der Waals surface area contributed by atoms with Crippen molar-refractivity contribution in [1.82, 2.24) is 9.55 Å². The first-order valence-corrected chi connectivity index (χ1v) is 9.66. The number of benzene rings is 2. The quantitative estimate of drug-likeness (QED) is 0.685. The monoisotopic (exact) mass is 370 g/mol. The SMILES string of the molecule is CSC(Cc1ccc(OCc2nc3ccc(C)cc3n2C)cc1)C(=O)O. The Bertz CT molecular complexity index is 919. The minimum Gasteiger partial charge on any atom is -0.486 e. The van der Waals surface area contributed by atoms with Crippen LogP contribution >= 0.6 is 11.8 Å². The van der Waals surface area contributed by atoms with Crippen LogP contribution in [0.5, 0.6) is 5.75 Å². The van der Waals surface area contributed by atoms with Gasteiger partial charge in [-0.05, 0) is 55.0 Å². The third kappa shape index (κ3) is 4.02. The minimum atomic E-state index is -0.782. The molecule has 0 aliphatic carbocycles. The zero-order valence-electron chi connectivity index (χ0n) is 15.1. The van der Waals surface area contributed by atoms with Gasteiger partial charge < -0.3 is 14.4 Å². The Hall–Kier alpha value is -2.47. The Morgan fingerprint density at radius 2 is 2.00 bits per heavy atom. The van der Waals surface area contributed by atoms with E-state index in [1.807, 2.05) is 48.2 Å². The summed E-state index contributed by atoms with van der Waals surface area (Å²) in [6, 6.07) is 13.8. The number of imidazole rings is 1. The molecule has 3 rings (SSSR count). The molecule has 5 nitrogen and oxygen atoms in total. The van der Waals surface area contributed by atoms with Crippen molar-refractivity contribution in [3.05, 3.63) is 59.4 Å². The summed E-state index contributed by atoms with van der Waals surface area (Å²) in [5, 5.41) is 8.72. The molecule has 3 aromatic rings. The molecule has 1 unspecified atom stereocenters. The van der Waals surface area contributed by atoms with E-state index in [0.29, 0.717) is 13.0 Å². The lowest BCUT2D eigenvalue weighted by Gasteiger charge is -2.10. The van der Waals surface area contributed by atoms with Crippen molar-refractivity contribution in [1.29, 1.82) is 0 Å². The number of fused-ring (bicyclic) bond motifs is 1. The van der Waals surface area contributed by atoms with Gasteiger partial charge in [-0.3, -0.25) is 4.79 Å². The maximum atomic E-state index is 11.1. The van der Waals surface area contributed by atoms with E-state index in [9.17, 15) is 4.79 Å². The van der Waals surface area contributed by atoms with Gasteiger partial charge in [0.15, 0.2) is 0 Å². The van der Waals surface area contributed by atoms with Crippen molar-refractivity contribution in [3.63, 3.8) is 0 Å². The van der Waals surface area contributed by atoms with Crippen LogP contribution in [0.4, 0.5) is 0 Å². The number of carboxylic acid groups (broad SMARTS) is 1. The van der Waals surface area contributed by atoms with Crippen molar-refractivity contribution in [3.8, 4) is 5.75 Å². The predicted octanol–water partition coefficient (Wildman–Crippen LogP) is 3.82. The lowest BCUT2D eigenvalue weighted by Crippen LogP contribution is -2.18. The number of aryl methyl sites for hydroxylation is 2. The molecule has 0 spiro atoms. The fourth-order valence-electron chi connectivity index (χ4n) is 2.83. The summed E-state index contributed by atoms with van der Waals surface area (Å²) in [7, 11) is 1.99. The summed E-state index contributed by atoms with van der Waals surface area (Å²) < 4.78 is 7.91. The first-order valence-electron chi connectivity index (χ1n) is 8.37. The second-order valence-electron chi connectivity index (χ2n) is 6.28. The maximum absolute atomic E-state index is 11.1. The van der Waals surface area contributed by atoms with Crippen LogP contribution in [0.1, 0.15) is 17.0 Å². The standard InChI is InChI=1S/C20H22N2O3S/c1-13-4-9-16-17(10-13)22(2)19(21-16)12-25-15-7-5-14(6-8-15)11-18(26-3)20(23)24/h4-10,18H,11-12H2,1-3H3,(H,23,24). The molecule has 1 aromatic heterocycles. The van der Waals surface area contributed by atoms with E-state index in [2.05, 4.69) is 24.0 Å². The Morgan fingerprint density at radius 1 is 1.27 bits per heavy atom. The van der Waals surface area contributed by atoms with Crippen molar-refractivity contribution >= 4 is 28.8 Å². The van der Waals surface area contributed by atoms with Gasteiger partial charge in [-0.25, -0.2) is 4.98 Å². The number of aliphatic carboxylic acids is 1. The van der Waals surface area contributed by atoms with Crippen LogP contribution in [-0.4, -0.2) is 32.1 Å². The van der Waals surface area contributed by atoms with Crippen LogP contribution in [0.25, 0.3) is 11.0 Å². The highest BCUT2D eigenvalue weighted by atomic mass is 32.2. The molecular formula is C20H22N2O3S. The molecule has 0 bridgehead atoms. The number of thioether (sulfide) groups is 1. The number of aromatic nitrogens is 2. The number of hydrogen-bond donors (Lipinski definition) is 1. The summed E-state index contributed by atoms with van der Waals surface area (Å²) in [6.07, 6.45) is 2.31. The lowest BCUT2D eigenvalue weighted by atomic mass is 10.1. The molecule has 0 aliphatic heterocycles. The van der Waals surface area contributed by atoms with Crippen LogP contribution < -0.4 is 4.74 Å². The second-order valence-corrected chi connectivity index (χ2v) is 7.32. The molecule has 0 saturated carbocycles. The van der Waals surface area contributed by atoms with Gasteiger partial charge in [0.05, 0.1) is 11.0 Å². The van der Waals surface area contributed by atoms with Crippen LogP contribution in [-0.2, 0) is 24.9 Å². The third-order valence-electron chi connectivity index (χ3n) is 4.40. The highest BCUT2D eigenvalue weighted by molar-refractivity contribution is 7.99. The summed E-state index contributed by atoms with van der Waals surface area (Å²) in [5.74, 6) is 0.825. The molecule has 1 atom stereocenters. The lowest BCUT2D eigenvalue weighted by molar-refractivity contribution is -0.136. The number of ether oxygens (including phenoxy) is 1. The largest absolute Gasteiger partial charge is 0.486 e.